The Balaban J connectivity index is 1.50. The first-order chi connectivity index (χ1) is 12.2. The molecule has 4 heterocycles. The van der Waals surface area contributed by atoms with E-state index in [1.54, 1.807) is 11.3 Å². The molecule has 1 aliphatic rings. The van der Waals surface area contributed by atoms with Gasteiger partial charge in [0.25, 0.3) is 5.89 Å². The lowest BCUT2D eigenvalue weighted by Crippen LogP contribution is -2.47. The number of hydrogen-bond acceptors (Lipinski definition) is 8. The van der Waals surface area contributed by atoms with Gasteiger partial charge in [-0.05, 0) is 26.0 Å². The molecule has 1 unspecified atom stereocenters. The molecule has 7 nitrogen and oxygen atoms in total. The highest BCUT2D eigenvalue weighted by atomic mass is 32.1. The Labute approximate surface area is 150 Å². The Kier molecular flexibility index (Phi) is 4.46. The van der Waals surface area contributed by atoms with Crippen molar-refractivity contribution in [3.8, 4) is 11.5 Å². The van der Waals surface area contributed by atoms with Crippen molar-refractivity contribution in [2.45, 2.75) is 19.9 Å². The van der Waals surface area contributed by atoms with Gasteiger partial charge in [-0.1, -0.05) is 5.16 Å². The quantitative estimate of drug-likeness (QED) is 0.712. The summed E-state index contributed by atoms with van der Waals surface area (Å²) < 4.78 is 5.35. The maximum Gasteiger partial charge on any atom is 0.261 e. The molecule has 3 aromatic rings. The van der Waals surface area contributed by atoms with Crippen LogP contribution < -0.4 is 4.90 Å². The molecule has 1 atom stereocenters. The first kappa shape index (κ1) is 16.2. The molecular formula is C17H20N6OS. The molecule has 0 radical (unpaired) electrons. The zero-order valence-corrected chi connectivity index (χ0v) is 15.1. The highest BCUT2D eigenvalue weighted by molar-refractivity contribution is 7.09. The van der Waals surface area contributed by atoms with Crippen LogP contribution in [0.1, 0.15) is 23.8 Å². The molecule has 3 aromatic heterocycles. The van der Waals surface area contributed by atoms with E-state index < -0.39 is 0 Å². The van der Waals surface area contributed by atoms with Crippen molar-refractivity contribution in [1.82, 2.24) is 25.0 Å². The number of thiazole rings is 1. The van der Waals surface area contributed by atoms with E-state index in [1.165, 1.54) is 5.01 Å². The predicted octanol–water partition coefficient (Wildman–Crippen LogP) is 2.78. The summed E-state index contributed by atoms with van der Waals surface area (Å²) >= 11 is 1.72. The standard InChI is InChI=1S/C17H20N6OS/c1-12(17-19-6-11-25-17)22-7-9-23(10-8-22)15-14(4-3-5-18-15)16-20-13(2)21-24-16/h3-6,11-12H,7-10H2,1-2H3. The molecule has 0 N–H and O–H groups in total. The van der Waals surface area contributed by atoms with E-state index in [9.17, 15) is 0 Å². The van der Waals surface area contributed by atoms with Crippen LogP contribution in [0.5, 0.6) is 0 Å². The van der Waals surface area contributed by atoms with Crippen molar-refractivity contribution < 1.29 is 4.52 Å². The lowest BCUT2D eigenvalue weighted by atomic mass is 10.2. The summed E-state index contributed by atoms with van der Waals surface area (Å²) in [6.45, 7) is 7.81. The van der Waals surface area contributed by atoms with Crippen molar-refractivity contribution in [3.05, 3.63) is 40.7 Å². The van der Waals surface area contributed by atoms with Gasteiger partial charge in [-0.2, -0.15) is 4.98 Å². The van der Waals surface area contributed by atoms with E-state index in [0.29, 0.717) is 17.8 Å². The molecule has 8 heteroatoms. The molecule has 1 saturated heterocycles. The number of pyridine rings is 1. The Morgan fingerprint density at radius 3 is 2.68 bits per heavy atom. The molecule has 0 aromatic carbocycles. The minimum absolute atomic E-state index is 0.351. The molecule has 1 fully saturated rings. The van der Waals surface area contributed by atoms with Crippen LogP contribution in [-0.2, 0) is 0 Å². The molecule has 1 aliphatic heterocycles. The summed E-state index contributed by atoms with van der Waals surface area (Å²) in [6, 6.07) is 4.24. The van der Waals surface area contributed by atoms with Gasteiger partial charge >= 0.3 is 0 Å². The number of aryl methyl sites for hydroxylation is 1. The summed E-state index contributed by atoms with van der Waals surface area (Å²) in [5, 5.41) is 7.11. The summed E-state index contributed by atoms with van der Waals surface area (Å²) in [5.74, 6) is 2.07. The fraction of sp³-hybridized carbons (Fsp3) is 0.412. The summed E-state index contributed by atoms with van der Waals surface area (Å²) in [6.07, 6.45) is 3.69. The number of piperazine rings is 1. The SMILES string of the molecule is Cc1noc(-c2cccnc2N2CCN(C(C)c3nccs3)CC2)n1. The van der Waals surface area contributed by atoms with Crippen molar-refractivity contribution >= 4 is 17.2 Å². The largest absolute Gasteiger partial charge is 0.353 e. The topological polar surface area (TPSA) is 71.2 Å². The third-order valence-corrected chi connectivity index (χ3v) is 5.46. The maximum atomic E-state index is 5.35. The van der Waals surface area contributed by atoms with Gasteiger partial charge in [0.05, 0.1) is 11.6 Å². The second-order valence-electron chi connectivity index (χ2n) is 6.09. The van der Waals surface area contributed by atoms with Gasteiger partial charge in [0.1, 0.15) is 10.8 Å². The molecule has 0 spiro atoms. The van der Waals surface area contributed by atoms with Crippen molar-refractivity contribution in [3.63, 3.8) is 0 Å². The fourth-order valence-electron chi connectivity index (χ4n) is 3.14. The van der Waals surface area contributed by atoms with Crippen LogP contribution in [0.15, 0.2) is 34.4 Å². The Bertz CT molecular complexity index is 825. The third kappa shape index (κ3) is 3.27. The van der Waals surface area contributed by atoms with Crippen molar-refractivity contribution in [2.24, 2.45) is 0 Å². The van der Waals surface area contributed by atoms with E-state index in [-0.39, 0.29) is 0 Å². The average molecular weight is 356 g/mol. The molecule has 0 saturated carbocycles. The maximum absolute atomic E-state index is 5.35. The lowest BCUT2D eigenvalue weighted by Gasteiger charge is -2.38. The van der Waals surface area contributed by atoms with Crippen molar-refractivity contribution in [2.75, 3.05) is 31.1 Å². The molecule has 0 aliphatic carbocycles. The van der Waals surface area contributed by atoms with Gasteiger partial charge in [-0.15, -0.1) is 11.3 Å². The van der Waals surface area contributed by atoms with Crippen LogP contribution in [0.4, 0.5) is 5.82 Å². The molecule has 25 heavy (non-hydrogen) atoms. The minimum atomic E-state index is 0.351. The van der Waals surface area contributed by atoms with Gasteiger partial charge < -0.3 is 9.42 Å². The van der Waals surface area contributed by atoms with E-state index in [0.717, 1.165) is 37.6 Å². The zero-order valence-electron chi connectivity index (χ0n) is 14.3. The third-order valence-electron chi connectivity index (χ3n) is 4.51. The molecule has 130 valence electrons. The van der Waals surface area contributed by atoms with Crippen LogP contribution in [0.2, 0.25) is 0 Å². The van der Waals surface area contributed by atoms with E-state index in [1.807, 2.05) is 36.8 Å². The van der Waals surface area contributed by atoms with Crippen LogP contribution in [0.3, 0.4) is 0 Å². The number of rotatable bonds is 4. The number of nitrogens with zero attached hydrogens (tertiary/aromatic N) is 6. The molecular weight excluding hydrogens is 336 g/mol. The second kappa shape index (κ2) is 6.89. The molecule has 0 bridgehead atoms. The van der Waals surface area contributed by atoms with Gasteiger partial charge in [-0.25, -0.2) is 9.97 Å². The summed E-state index contributed by atoms with van der Waals surface area (Å²) in [4.78, 5) is 18.1. The Morgan fingerprint density at radius 2 is 2.00 bits per heavy atom. The molecule has 0 amide bonds. The van der Waals surface area contributed by atoms with E-state index in [2.05, 4.69) is 36.8 Å². The van der Waals surface area contributed by atoms with Crippen LogP contribution in [0.25, 0.3) is 11.5 Å². The Hall–Kier alpha value is -2.32. The van der Waals surface area contributed by atoms with Crippen molar-refractivity contribution in [1.29, 1.82) is 0 Å². The van der Waals surface area contributed by atoms with Gasteiger partial charge in [-0.3, -0.25) is 4.90 Å². The molecule has 4 rings (SSSR count). The Morgan fingerprint density at radius 1 is 1.16 bits per heavy atom. The van der Waals surface area contributed by atoms with Crippen LogP contribution >= 0.6 is 11.3 Å². The second-order valence-corrected chi connectivity index (χ2v) is 7.02. The van der Waals surface area contributed by atoms with Gasteiger partial charge in [0.2, 0.25) is 0 Å². The summed E-state index contributed by atoms with van der Waals surface area (Å²) in [5.41, 5.74) is 0.893. The average Bonchev–Trinajstić information content (AvgIpc) is 3.33. The first-order valence-electron chi connectivity index (χ1n) is 8.36. The minimum Gasteiger partial charge on any atom is -0.353 e. The van der Waals surface area contributed by atoms with Crippen LogP contribution in [-0.4, -0.2) is 51.2 Å². The van der Waals surface area contributed by atoms with Gasteiger partial charge in [0.15, 0.2) is 5.82 Å². The smallest absolute Gasteiger partial charge is 0.261 e. The lowest BCUT2D eigenvalue weighted by molar-refractivity contribution is 0.198. The number of hydrogen-bond donors (Lipinski definition) is 0. The highest BCUT2D eigenvalue weighted by Gasteiger charge is 2.26. The van der Waals surface area contributed by atoms with E-state index in [4.69, 9.17) is 4.52 Å². The van der Waals surface area contributed by atoms with E-state index >= 15 is 0 Å². The fourth-order valence-corrected chi connectivity index (χ4v) is 3.87. The normalized spacial score (nSPS) is 17.0. The predicted molar refractivity (Wildman–Crippen MR) is 96.6 cm³/mol. The highest BCUT2D eigenvalue weighted by Crippen LogP contribution is 2.30. The number of aromatic nitrogens is 4. The van der Waals surface area contributed by atoms with Crippen LogP contribution in [0, 0.1) is 6.92 Å². The summed E-state index contributed by atoms with van der Waals surface area (Å²) in [7, 11) is 0. The van der Waals surface area contributed by atoms with Gasteiger partial charge in [0, 0.05) is 44.0 Å². The number of anilines is 1. The monoisotopic (exact) mass is 356 g/mol. The zero-order chi connectivity index (χ0) is 17.2. The first-order valence-corrected chi connectivity index (χ1v) is 9.24.